The molecule has 0 bridgehead atoms. The van der Waals surface area contributed by atoms with Crippen LogP contribution in [0.15, 0.2) is 53.7 Å². The van der Waals surface area contributed by atoms with Gasteiger partial charge in [-0.05, 0) is 37.1 Å². The SMILES string of the molecule is CCc1ccc(C(=O)Nc2ccccc2/C(C)=N/O)cc1. The third-order valence-electron chi connectivity index (χ3n) is 3.34. The summed E-state index contributed by atoms with van der Waals surface area (Å²) < 4.78 is 0. The van der Waals surface area contributed by atoms with Gasteiger partial charge in [-0.1, -0.05) is 42.4 Å². The number of benzene rings is 2. The monoisotopic (exact) mass is 282 g/mol. The summed E-state index contributed by atoms with van der Waals surface area (Å²) in [7, 11) is 0. The molecular weight excluding hydrogens is 264 g/mol. The van der Waals surface area contributed by atoms with Gasteiger partial charge in [0, 0.05) is 11.1 Å². The van der Waals surface area contributed by atoms with E-state index in [-0.39, 0.29) is 5.91 Å². The normalized spacial score (nSPS) is 11.2. The zero-order valence-electron chi connectivity index (χ0n) is 12.1. The van der Waals surface area contributed by atoms with Crippen molar-refractivity contribution in [1.29, 1.82) is 0 Å². The van der Waals surface area contributed by atoms with Crippen molar-refractivity contribution < 1.29 is 10.0 Å². The second-order valence-electron chi connectivity index (χ2n) is 4.74. The molecule has 21 heavy (non-hydrogen) atoms. The van der Waals surface area contributed by atoms with Gasteiger partial charge < -0.3 is 10.5 Å². The van der Waals surface area contributed by atoms with Crippen molar-refractivity contribution in [2.45, 2.75) is 20.3 Å². The molecule has 0 aromatic heterocycles. The van der Waals surface area contributed by atoms with E-state index in [0.29, 0.717) is 22.5 Å². The molecular formula is C17H18N2O2. The van der Waals surface area contributed by atoms with E-state index in [1.165, 1.54) is 5.56 Å². The largest absolute Gasteiger partial charge is 0.411 e. The van der Waals surface area contributed by atoms with E-state index in [1.54, 1.807) is 19.1 Å². The molecule has 4 nitrogen and oxygen atoms in total. The zero-order chi connectivity index (χ0) is 15.2. The van der Waals surface area contributed by atoms with Gasteiger partial charge in [0.05, 0.1) is 11.4 Å². The number of amides is 1. The van der Waals surface area contributed by atoms with Gasteiger partial charge in [0.25, 0.3) is 5.91 Å². The van der Waals surface area contributed by atoms with Crippen molar-refractivity contribution in [3.8, 4) is 0 Å². The lowest BCUT2D eigenvalue weighted by Gasteiger charge is -2.10. The van der Waals surface area contributed by atoms with Crippen LogP contribution in [-0.4, -0.2) is 16.8 Å². The molecule has 1 amide bonds. The van der Waals surface area contributed by atoms with Crippen LogP contribution >= 0.6 is 0 Å². The zero-order valence-corrected chi connectivity index (χ0v) is 12.1. The minimum atomic E-state index is -0.184. The Balaban J connectivity index is 2.23. The summed E-state index contributed by atoms with van der Waals surface area (Å²) in [6.45, 7) is 3.75. The Morgan fingerprint density at radius 3 is 2.43 bits per heavy atom. The second kappa shape index (κ2) is 6.70. The van der Waals surface area contributed by atoms with Crippen LogP contribution in [0.3, 0.4) is 0 Å². The molecule has 2 aromatic carbocycles. The van der Waals surface area contributed by atoms with Gasteiger partial charge in [0.1, 0.15) is 0 Å². The Kier molecular flexibility index (Phi) is 4.72. The fraction of sp³-hybridized carbons (Fsp3) is 0.176. The van der Waals surface area contributed by atoms with E-state index in [9.17, 15) is 4.79 Å². The Hall–Kier alpha value is -2.62. The lowest BCUT2D eigenvalue weighted by Crippen LogP contribution is -2.14. The third-order valence-corrected chi connectivity index (χ3v) is 3.34. The molecule has 0 spiro atoms. The average molecular weight is 282 g/mol. The van der Waals surface area contributed by atoms with Crippen molar-refractivity contribution in [2.24, 2.45) is 5.16 Å². The van der Waals surface area contributed by atoms with Crippen LogP contribution in [0.5, 0.6) is 0 Å². The highest BCUT2D eigenvalue weighted by Crippen LogP contribution is 2.17. The van der Waals surface area contributed by atoms with Crippen LogP contribution in [0, 0.1) is 0 Å². The molecule has 0 fully saturated rings. The molecule has 0 saturated heterocycles. The Labute approximate surface area is 124 Å². The molecule has 0 saturated carbocycles. The quantitative estimate of drug-likeness (QED) is 0.510. The minimum Gasteiger partial charge on any atom is -0.411 e. The molecule has 108 valence electrons. The summed E-state index contributed by atoms with van der Waals surface area (Å²) in [6.07, 6.45) is 0.941. The number of anilines is 1. The van der Waals surface area contributed by atoms with Gasteiger partial charge in [-0.25, -0.2) is 0 Å². The first-order chi connectivity index (χ1) is 10.2. The number of hydrogen-bond donors (Lipinski definition) is 2. The van der Waals surface area contributed by atoms with E-state index >= 15 is 0 Å². The van der Waals surface area contributed by atoms with Gasteiger partial charge in [0.15, 0.2) is 0 Å². The van der Waals surface area contributed by atoms with E-state index in [2.05, 4.69) is 17.4 Å². The van der Waals surface area contributed by atoms with Crippen LogP contribution in [0.1, 0.15) is 35.3 Å². The van der Waals surface area contributed by atoms with Crippen molar-refractivity contribution in [3.63, 3.8) is 0 Å². The smallest absolute Gasteiger partial charge is 0.255 e. The molecule has 0 atom stereocenters. The van der Waals surface area contributed by atoms with Gasteiger partial charge in [-0.15, -0.1) is 0 Å². The standard InChI is InChI=1S/C17H18N2O2/c1-3-13-8-10-14(11-9-13)17(20)18-16-7-5-4-6-15(16)12(2)19-21/h4-11,21H,3H2,1-2H3,(H,18,20)/b19-12+. The Morgan fingerprint density at radius 2 is 1.81 bits per heavy atom. The summed E-state index contributed by atoms with van der Waals surface area (Å²) in [5, 5.41) is 14.9. The molecule has 4 heteroatoms. The fourth-order valence-corrected chi connectivity index (χ4v) is 2.05. The van der Waals surface area contributed by atoms with Gasteiger partial charge in [-0.2, -0.15) is 0 Å². The summed E-state index contributed by atoms with van der Waals surface area (Å²) in [5.74, 6) is -0.184. The number of carbonyl (C=O) groups excluding carboxylic acids is 1. The average Bonchev–Trinajstić information content (AvgIpc) is 2.54. The maximum absolute atomic E-state index is 12.3. The molecule has 0 aliphatic carbocycles. The molecule has 0 radical (unpaired) electrons. The van der Waals surface area contributed by atoms with Crippen molar-refractivity contribution in [3.05, 3.63) is 65.2 Å². The predicted octanol–water partition coefficient (Wildman–Crippen LogP) is 3.70. The van der Waals surface area contributed by atoms with E-state index in [4.69, 9.17) is 5.21 Å². The highest BCUT2D eigenvalue weighted by Gasteiger charge is 2.10. The third kappa shape index (κ3) is 3.48. The summed E-state index contributed by atoms with van der Waals surface area (Å²) in [6, 6.07) is 14.7. The van der Waals surface area contributed by atoms with Crippen molar-refractivity contribution in [1.82, 2.24) is 0 Å². The van der Waals surface area contributed by atoms with E-state index in [1.807, 2.05) is 36.4 Å². The predicted molar refractivity (Wildman–Crippen MR) is 84.2 cm³/mol. The number of rotatable bonds is 4. The van der Waals surface area contributed by atoms with Crippen LogP contribution < -0.4 is 5.32 Å². The number of nitrogens with one attached hydrogen (secondary N) is 1. The fourth-order valence-electron chi connectivity index (χ4n) is 2.05. The maximum Gasteiger partial charge on any atom is 0.255 e. The van der Waals surface area contributed by atoms with Crippen molar-refractivity contribution >= 4 is 17.3 Å². The number of aryl methyl sites for hydroxylation is 1. The molecule has 2 aromatic rings. The molecule has 0 heterocycles. The lowest BCUT2D eigenvalue weighted by molar-refractivity contribution is 0.102. The highest BCUT2D eigenvalue weighted by atomic mass is 16.4. The molecule has 0 aliphatic heterocycles. The molecule has 0 aliphatic rings. The van der Waals surface area contributed by atoms with Crippen LogP contribution in [-0.2, 0) is 6.42 Å². The van der Waals surface area contributed by atoms with E-state index in [0.717, 1.165) is 6.42 Å². The summed E-state index contributed by atoms with van der Waals surface area (Å²) in [5.41, 5.74) is 3.55. The minimum absolute atomic E-state index is 0.184. The summed E-state index contributed by atoms with van der Waals surface area (Å²) >= 11 is 0. The highest BCUT2D eigenvalue weighted by molar-refractivity contribution is 6.10. The number of carbonyl (C=O) groups is 1. The Bertz CT molecular complexity index is 661. The van der Waals surface area contributed by atoms with Crippen LogP contribution in [0.4, 0.5) is 5.69 Å². The van der Waals surface area contributed by atoms with Crippen LogP contribution in [0.2, 0.25) is 0 Å². The Morgan fingerprint density at radius 1 is 1.14 bits per heavy atom. The first-order valence-electron chi connectivity index (χ1n) is 6.84. The summed E-state index contributed by atoms with van der Waals surface area (Å²) in [4.78, 5) is 12.3. The molecule has 2 rings (SSSR count). The lowest BCUT2D eigenvalue weighted by atomic mass is 10.1. The van der Waals surface area contributed by atoms with Crippen LogP contribution in [0.25, 0.3) is 0 Å². The van der Waals surface area contributed by atoms with Gasteiger partial charge in [0.2, 0.25) is 0 Å². The number of oxime groups is 1. The van der Waals surface area contributed by atoms with Gasteiger partial charge >= 0.3 is 0 Å². The maximum atomic E-state index is 12.3. The first kappa shape index (κ1) is 14.8. The van der Waals surface area contributed by atoms with Crippen molar-refractivity contribution in [2.75, 3.05) is 5.32 Å². The first-order valence-corrected chi connectivity index (χ1v) is 6.84. The van der Waals surface area contributed by atoms with E-state index < -0.39 is 0 Å². The van der Waals surface area contributed by atoms with Gasteiger partial charge in [-0.3, -0.25) is 4.79 Å². The second-order valence-corrected chi connectivity index (χ2v) is 4.74. The number of hydrogen-bond acceptors (Lipinski definition) is 3. The topological polar surface area (TPSA) is 61.7 Å². The number of nitrogens with zero attached hydrogens (tertiary/aromatic N) is 1. The molecule has 0 unspecified atom stereocenters. The molecule has 2 N–H and O–H groups in total. The number of para-hydroxylation sites is 1.